The van der Waals surface area contributed by atoms with Crippen molar-refractivity contribution in [2.45, 2.75) is 19.3 Å². The molecule has 0 heterocycles. The second-order valence-electron chi connectivity index (χ2n) is 17.4. The Labute approximate surface area is 354 Å². The number of fused-ring (bicyclic) bond motifs is 3. The zero-order valence-corrected chi connectivity index (χ0v) is 34.0. The molecule has 0 atom stereocenters. The van der Waals surface area contributed by atoms with Crippen LogP contribution < -0.4 is 9.80 Å². The van der Waals surface area contributed by atoms with Crippen molar-refractivity contribution in [1.82, 2.24) is 0 Å². The van der Waals surface area contributed by atoms with E-state index in [1.165, 1.54) is 86.9 Å². The topological polar surface area (TPSA) is 6.48 Å². The van der Waals surface area contributed by atoms with Gasteiger partial charge in [0.2, 0.25) is 0 Å². The first-order chi connectivity index (χ1) is 30.0. The molecule has 0 saturated carbocycles. The van der Waals surface area contributed by atoms with Crippen molar-refractivity contribution < 1.29 is 0 Å². The van der Waals surface area contributed by atoms with Crippen LogP contribution in [0.25, 0.3) is 75.8 Å². The van der Waals surface area contributed by atoms with E-state index in [0.29, 0.717) is 0 Å². The Morgan fingerprint density at radius 1 is 0.262 bits per heavy atom. The van der Waals surface area contributed by atoms with Crippen molar-refractivity contribution in [3.63, 3.8) is 0 Å². The van der Waals surface area contributed by atoms with Gasteiger partial charge < -0.3 is 9.80 Å². The van der Waals surface area contributed by atoms with E-state index in [4.69, 9.17) is 0 Å². The average molecular weight is 777 g/mol. The quantitative estimate of drug-likeness (QED) is 0.155. The third-order valence-electron chi connectivity index (χ3n) is 13.6. The Morgan fingerprint density at radius 3 is 1.20 bits per heavy atom. The number of benzene rings is 12. The lowest BCUT2D eigenvalue weighted by Crippen LogP contribution is -2.17. The van der Waals surface area contributed by atoms with Crippen molar-refractivity contribution in [2.75, 3.05) is 9.80 Å². The monoisotopic (exact) mass is 776 g/mol. The van der Waals surface area contributed by atoms with Gasteiger partial charge in [0.1, 0.15) is 0 Å². The number of para-hydroxylation sites is 1. The molecule has 12 aromatic carbocycles. The van der Waals surface area contributed by atoms with E-state index in [2.05, 4.69) is 230 Å². The Balaban J connectivity index is 1.03. The molecule has 61 heavy (non-hydrogen) atoms. The fraction of sp³-hybridized carbons (Fsp3) is 0.0508. The molecule has 0 fully saturated rings. The summed E-state index contributed by atoms with van der Waals surface area (Å²) in [5, 5.41) is 15.4. The minimum atomic E-state index is -0.135. The molecule has 286 valence electrons. The first-order valence-corrected chi connectivity index (χ1v) is 21.3. The number of anilines is 6. The zero-order chi connectivity index (χ0) is 40.4. The predicted molar refractivity (Wildman–Crippen MR) is 261 cm³/mol. The molecule has 0 unspecified atom stereocenters. The highest BCUT2D eigenvalue weighted by Crippen LogP contribution is 2.52. The van der Waals surface area contributed by atoms with E-state index in [0.717, 1.165) is 34.1 Å². The molecule has 0 aromatic heterocycles. The van der Waals surface area contributed by atoms with Crippen LogP contribution in [0.5, 0.6) is 0 Å². The number of hydrogen-bond acceptors (Lipinski definition) is 2. The van der Waals surface area contributed by atoms with Crippen LogP contribution in [0.4, 0.5) is 34.1 Å². The fourth-order valence-corrected chi connectivity index (χ4v) is 10.8. The molecule has 2 heteroatoms. The Kier molecular flexibility index (Phi) is 7.10. The van der Waals surface area contributed by atoms with Crippen LogP contribution in [-0.4, -0.2) is 0 Å². The molecular weight excluding hydrogens is 737 g/mol. The largest absolute Gasteiger partial charge is 0.310 e. The minimum Gasteiger partial charge on any atom is -0.310 e. The molecule has 0 bridgehead atoms. The van der Waals surface area contributed by atoms with Gasteiger partial charge in [-0.15, -0.1) is 0 Å². The standard InChI is InChI=1S/C59H40N2/c1-59(2)53-20-7-6-19-51(53)52-30-29-48(36-54(52)59)61(50-33-43-27-23-39-13-9-14-40-24-28-44(34-50)58(43)56(39)40)47-18-10-17-46(35-47)60(45-15-4-3-5-16-45)49-31-41-25-21-37-11-8-12-38-22-26-42(32-49)57(41)55(37)38/h3-36H,1-2H3. The van der Waals surface area contributed by atoms with E-state index in [1.54, 1.807) is 0 Å². The minimum absolute atomic E-state index is 0.135. The van der Waals surface area contributed by atoms with E-state index in [1.807, 2.05) is 0 Å². The number of nitrogens with zero attached hydrogens (tertiary/aromatic N) is 2. The summed E-state index contributed by atoms with van der Waals surface area (Å²) in [6.45, 7) is 4.74. The molecule has 1 aliphatic carbocycles. The van der Waals surface area contributed by atoms with Gasteiger partial charge in [-0.05, 0) is 154 Å². The van der Waals surface area contributed by atoms with Gasteiger partial charge in [-0.1, -0.05) is 153 Å². The maximum absolute atomic E-state index is 2.47. The highest BCUT2D eigenvalue weighted by molar-refractivity contribution is 6.25. The Morgan fingerprint density at radius 2 is 0.656 bits per heavy atom. The highest BCUT2D eigenvalue weighted by atomic mass is 15.2. The van der Waals surface area contributed by atoms with Gasteiger partial charge in [-0.25, -0.2) is 0 Å². The van der Waals surface area contributed by atoms with Crippen LogP contribution >= 0.6 is 0 Å². The van der Waals surface area contributed by atoms with Crippen molar-refractivity contribution in [2.24, 2.45) is 0 Å². The van der Waals surface area contributed by atoms with Gasteiger partial charge in [0, 0.05) is 39.5 Å². The third kappa shape index (κ3) is 5.03. The van der Waals surface area contributed by atoms with Crippen molar-refractivity contribution in [1.29, 1.82) is 0 Å². The molecule has 0 N–H and O–H groups in total. The van der Waals surface area contributed by atoms with Gasteiger partial charge >= 0.3 is 0 Å². The summed E-state index contributed by atoms with van der Waals surface area (Å²) < 4.78 is 0. The predicted octanol–water partition coefficient (Wildman–Crippen LogP) is 16.7. The van der Waals surface area contributed by atoms with E-state index in [9.17, 15) is 0 Å². The second kappa shape index (κ2) is 12.7. The lowest BCUT2D eigenvalue weighted by molar-refractivity contribution is 0.660. The summed E-state index contributed by atoms with van der Waals surface area (Å²) in [4.78, 5) is 4.89. The zero-order valence-electron chi connectivity index (χ0n) is 34.0. The van der Waals surface area contributed by atoms with Crippen LogP contribution in [-0.2, 0) is 5.41 Å². The molecule has 12 aromatic rings. The maximum Gasteiger partial charge on any atom is 0.0482 e. The molecular formula is C59H40N2. The van der Waals surface area contributed by atoms with E-state index in [-0.39, 0.29) is 5.41 Å². The molecule has 13 rings (SSSR count). The van der Waals surface area contributed by atoms with Crippen LogP contribution in [0.3, 0.4) is 0 Å². The number of hydrogen-bond donors (Lipinski definition) is 0. The number of rotatable bonds is 6. The summed E-state index contributed by atoms with van der Waals surface area (Å²) in [6, 6.07) is 77.0. The van der Waals surface area contributed by atoms with Crippen LogP contribution in [0.15, 0.2) is 206 Å². The van der Waals surface area contributed by atoms with Crippen LogP contribution in [0, 0.1) is 0 Å². The maximum atomic E-state index is 2.47. The molecule has 0 aliphatic heterocycles. The summed E-state index contributed by atoms with van der Waals surface area (Å²) >= 11 is 0. The molecule has 0 spiro atoms. The van der Waals surface area contributed by atoms with Crippen LogP contribution in [0.2, 0.25) is 0 Å². The summed E-state index contributed by atoms with van der Waals surface area (Å²) in [5.74, 6) is 0. The first kappa shape index (κ1) is 34.2. The first-order valence-electron chi connectivity index (χ1n) is 21.3. The molecule has 1 aliphatic rings. The highest BCUT2D eigenvalue weighted by Gasteiger charge is 2.36. The fourth-order valence-electron chi connectivity index (χ4n) is 10.8. The normalized spacial score (nSPS) is 13.2. The SMILES string of the molecule is CC1(C)c2ccccc2-c2ccc(N(c3cccc(N(c4ccccc4)c4cc5ccc6cccc7ccc(c4)c5c67)c3)c3cc4ccc5cccc6ccc(c3)c4c56)cc21. The van der Waals surface area contributed by atoms with Crippen molar-refractivity contribution in [3.05, 3.63) is 217 Å². The average Bonchev–Trinajstić information content (AvgIpc) is 3.53. The molecule has 0 radical (unpaired) electrons. The molecule has 0 saturated heterocycles. The van der Waals surface area contributed by atoms with Gasteiger partial charge in [0.15, 0.2) is 0 Å². The summed E-state index contributed by atoms with van der Waals surface area (Å²) in [5.41, 5.74) is 11.9. The third-order valence-corrected chi connectivity index (χ3v) is 13.6. The van der Waals surface area contributed by atoms with Gasteiger partial charge in [-0.3, -0.25) is 0 Å². The van der Waals surface area contributed by atoms with Gasteiger partial charge in [0.25, 0.3) is 0 Å². The van der Waals surface area contributed by atoms with Crippen molar-refractivity contribution >= 4 is 98.8 Å². The lowest BCUT2D eigenvalue weighted by atomic mass is 9.82. The second-order valence-corrected chi connectivity index (χ2v) is 17.4. The Bertz CT molecular complexity index is 3570. The Hall–Kier alpha value is -7.68. The van der Waals surface area contributed by atoms with E-state index >= 15 is 0 Å². The van der Waals surface area contributed by atoms with Gasteiger partial charge in [0.05, 0.1) is 0 Å². The van der Waals surface area contributed by atoms with E-state index < -0.39 is 0 Å². The van der Waals surface area contributed by atoms with Crippen LogP contribution in [0.1, 0.15) is 25.0 Å². The lowest BCUT2D eigenvalue weighted by Gasteiger charge is -2.31. The molecule has 0 amide bonds. The van der Waals surface area contributed by atoms with Gasteiger partial charge in [-0.2, -0.15) is 0 Å². The van der Waals surface area contributed by atoms with Crippen molar-refractivity contribution in [3.8, 4) is 11.1 Å². The molecule has 2 nitrogen and oxygen atoms in total. The smallest absolute Gasteiger partial charge is 0.0482 e. The summed E-state index contributed by atoms with van der Waals surface area (Å²) in [7, 11) is 0. The summed E-state index contributed by atoms with van der Waals surface area (Å²) in [6.07, 6.45) is 0.